The number of halogens is 1. The Morgan fingerprint density at radius 3 is 2.20 bits per heavy atom. The minimum Gasteiger partial charge on any atom is -0.479 e. The van der Waals surface area contributed by atoms with Crippen LogP contribution < -0.4 is 14.4 Å². The van der Waals surface area contributed by atoms with Crippen LogP contribution in [-0.4, -0.2) is 57.0 Å². The molecule has 5 rings (SSSR count). The topological polar surface area (TPSA) is 112 Å². The summed E-state index contributed by atoms with van der Waals surface area (Å²) in [6.45, 7) is 10.7. The molecule has 10 nitrogen and oxygen atoms in total. The summed E-state index contributed by atoms with van der Waals surface area (Å²) in [6, 6.07) is 9.76. The SMILES string of the molecule is COc1nc(OC)nc(N2CCn3c(C)cc4c(-c5ccc(Cl)cc5)c([C@H](OC(C)(C)C)C(=O)O)c(C)c2c43)n1. The molecule has 0 saturated heterocycles. The Kier molecular flexibility index (Phi) is 7.09. The van der Waals surface area contributed by atoms with Crippen molar-refractivity contribution in [3.8, 4) is 23.1 Å². The zero-order valence-corrected chi connectivity index (χ0v) is 24.3. The van der Waals surface area contributed by atoms with Gasteiger partial charge in [-0.3, -0.25) is 0 Å². The Morgan fingerprint density at radius 1 is 1.02 bits per heavy atom. The second kappa shape index (κ2) is 10.3. The molecule has 1 aliphatic rings. The van der Waals surface area contributed by atoms with E-state index < -0.39 is 17.7 Å². The predicted octanol–water partition coefficient (Wildman–Crippen LogP) is 5.87. The Balaban J connectivity index is 1.90. The molecule has 2 aromatic carbocycles. The molecule has 210 valence electrons. The fraction of sp³-hybridized carbons (Fsp3) is 0.379. The van der Waals surface area contributed by atoms with Crippen molar-refractivity contribution in [3.05, 3.63) is 52.2 Å². The normalized spacial score (nSPS) is 13.9. The summed E-state index contributed by atoms with van der Waals surface area (Å²) in [6.07, 6.45) is -1.25. The molecule has 3 heterocycles. The second-order valence-electron chi connectivity index (χ2n) is 10.7. The van der Waals surface area contributed by atoms with Crippen LogP contribution in [0, 0.1) is 13.8 Å². The monoisotopic (exact) mass is 565 g/mol. The lowest BCUT2D eigenvalue weighted by atomic mass is 9.87. The number of hydrogen-bond donors (Lipinski definition) is 1. The number of nitrogens with zero attached hydrogens (tertiary/aromatic N) is 5. The summed E-state index contributed by atoms with van der Waals surface area (Å²) in [5.74, 6) is -0.742. The average molecular weight is 566 g/mol. The first kappa shape index (κ1) is 27.7. The minimum atomic E-state index is -1.25. The van der Waals surface area contributed by atoms with Crippen molar-refractivity contribution in [2.45, 2.75) is 52.9 Å². The van der Waals surface area contributed by atoms with Gasteiger partial charge in [0.05, 0.1) is 31.0 Å². The first-order valence-corrected chi connectivity index (χ1v) is 13.3. The van der Waals surface area contributed by atoms with E-state index in [2.05, 4.69) is 32.5 Å². The van der Waals surface area contributed by atoms with Crippen molar-refractivity contribution < 1.29 is 24.1 Å². The van der Waals surface area contributed by atoms with E-state index in [1.54, 1.807) is 0 Å². The van der Waals surface area contributed by atoms with E-state index in [4.69, 9.17) is 25.8 Å². The molecular weight excluding hydrogens is 534 g/mol. The van der Waals surface area contributed by atoms with E-state index in [-0.39, 0.29) is 12.0 Å². The fourth-order valence-corrected chi connectivity index (χ4v) is 5.49. The molecular formula is C29H32ClN5O5. The average Bonchev–Trinajstić information content (AvgIpc) is 3.25. The van der Waals surface area contributed by atoms with E-state index in [9.17, 15) is 9.90 Å². The Hall–Kier alpha value is -3.89. The van der Waals surface area contributed by atoms with Crippen LogP contribution in [0.3, 0.4) is 0 Å². The number of aryl methyl sites for hydroxylation is 1. The summed E-state index contributed by atoms with van der Waals surface area (Å²) in [4.78, 5) is 28.0. The smallest absolute Gasteiger partial charge is 0.337 e. The third-order valence-corrected chi connectivity index (χ3v) is 7.18. The van der Waals surface area contributed by atoms with Gasteiger partial charge in [0, 0.05) is 34.8 Å². The summed E-state index contributed by atoms with van der Waals surface area (Å²) in [5.41, 5.74) is 5.01. The molecule has 0 fully saturated rings. The number of aromatic nitrogens is 4. The second-order valence-corrected chi connectivity index (χ2v) is 11.1. The first-order chi connectivity index (χ1) is 18.9. The summed E-state index contributed by atoms with van der Waals surface area (Å²) in [7, 11) is 2.96. The van der Waals surface area contributed by atoms with Gasteiger partial charge < -0.3 is 28.8 Å². The lowest BCUT2D eigenvalue weighted by molar-refractivity contribution is -0.160. The lowest BCUT2D eigenvalue weighted by Gasteiger charge is -2.35. The summed E-state index contributed by atoms with van der Waals surface area (Å²) >= 11 is 6.24. The number of ether oxygens (including phenoxy) is 3. The van der Waals surface area contributed by atoms with Crippen LogP contribution in [0.2, 0.25) is 5.02 Å². The Morgan fingerprint density at radius 2 is 1.65 bits per heavy atom. The number of anilines is 2. The van der Waals surface area contributed by atoms with Crippen LogP contribution >= 0.6 is 11.6 Å². The summed E-state index contributed by atoms with van der Waals surface area (Å²) in [5, 5.41) is 12.0. The van der Waals surface area contributed by atoms with E-state index in [0.717, 1.165) is 39.0 Å². The zero-order chi connectivity index (χ0) is 28.9. The highest BCUT2D eigenvalue weighted by molar-refractivity contribution is 6.30. The van der Waals surface area contributed by atoms with Gasteiger partial charge in [0.1, 0.15) is 0 Å². The molecule has 0 spiro atoms. The molecule has 0 bridgehead atoms. The predicted molar refractivity (Wildman–Crippen MR) is 153 cm³/mol. The molecule has 0 unspecified atom stereocenters. The van der Waals surface area contributed by atoms with E-state index in [1.165, 1.54) is 14.2 Å². The third kappa shape index (κ3) is 4.82. The van der Waals surface area contributed by atoms with Crippen LogP contribution in [0.5, 0.6) is 12.0 Å². The van der Waals surface area contributed by atoms with Crippen LogP contribution in [0.25, 0.3) is 22.0 Å². The van der Waals surface area contributed by atoms with Gasteiger partial charge in [-0.1, -0.05) is 23.7 Å². The number of hydrogen-bond acceptors (Lipinski definition) is 8. The van der Waals surface area contributed by atoms with Gasteiger partial charge in [-0.2, -0.15) is 9.97 Å². The first-order valence-electron chi connectivity index (χ1n) is 12.9. The number of aliphatic carboxylic acids is 1. The van der Waals surface area contributed by atoms with Gasteiger partial charge in [-0.15, -0.1) is 4.98 Å². The molecule has 0 saturated carbocycles. The van der Waals surface area contributed by atoms with Crippen LogP contribution in [0.4, 0.5) is 11.6 Å². The molecule has 4 aromatic rings. The third-order valence-electron chi connectivity index (χ3n) is 6.92. The van der Waals surface area contributed by atoms with Gasteiger partial charge in [0.15, 0.2) is 6.10 Å². The van der Waals surface area contributed by atoms with Gasteiger partial charge >= 0.3 is 18.0 Å². The highest BCUT2D eigenvalue weighted by atomic mass is 35.5. The molecule has 11 heteroatoms. The van der Waals surface area contributed by atoms with E-state index in [0.29, 0.717) is 29.6 Å². The van der Waals surface area contributed by atoms with Crippen LogP contribution in [0.15, 0.2) is 30.3 Å². The molecule has 0 radical (unpaired) electrons. The highest BCUT2D eigenvalue weighted by Gasteiger charge is 2.37. The Labute approximate surface area is 237 Å². The molecule has 40 heavy (non-hydrogen) atoms. The van der Waals surface area contributed by atoms with Gasteiger partial charge in [-0.25, -0.2) is 4.79 Å². The molecule has 1 atom stereocenters. The molecule has 0 amide bonds. The number of carboxylic acid groups (broad SMARTS) is 1. The number of carbonyl (C=O) groups is 1. The molecule has 2 aromatic heterocycles. The fourth-order valence-electron chi connectivity index (χ4n) is 5.36. The molecule has 1 N–H and O–H groups in total. The van der Waals surface area contributed by atoms with Crippen molar-refractivity contribution in [2.24, 2.45) is 0 Å². The van der Waals surface area contributed by atoms with Gasteiger partial charge in [-0.05, 0) is 69.5 Å². The number of carboxylic acids is 1. The van der Waals surface area contributed by atoms with Crippen molar-refractivity contribution in [3.63, 3.8) is 0 Å². The van der Waals surface area contributed by atoms with Crippen LogP contribution in [0.1, 0.15) is 43.7 Å². The molecule has 0 aliphatic carbocycles. The van der Waals surface area contributed by atoms with Crippen molar-refractivity contribution >= 4 is 40.1 Å². The largest absolute Gasteiger partial charge is 0.479 e. The lowest BCUT2D eigenvalue weighted by Crippen LogP contribution is -2.32. The maximum Gasteiger partial charge on any atom is 0.337 e. The standard InChI is InChI=1S/C29H32ClN5O5/c1-15-14-19-21(17-8-10-18(30)11-9-17)20(24(25(36)37)40-29(3,4)5)16(2)22-23(19)34(15)12-13-35(22)26-31-27(38-6)33-28(32-26)39-7/h8-11,14,24H,12-13H2,1-7H3,(H,36,37)/t24-/m0/s1. The number of benzene rings is 2. The quantitative estimate of drug-likeness (QED) is 0.294. The summed E-state index contributed by atoms with van der Waals surface area (Å²) < 4.78 is 19.1. The van der Waals surface area contributed by atoms with Gasteiger partial charge in [0.2, 0.25) is 5.95 Å². The number of methoxy groups -OCH3 is 2. The van der Waals surface area contributed by atoms with Crippen molar-refractivity contribution in [1.82, 2.24) is 19.5 Å². The zero-order valence-electron chi connectivity index (χ0n) is 23.6. The highest BCUT2D eigenvalue weighted by Crippen LogP contribution is 2.49. The van der Waals surface area contributed by atoms with Gasteiger partial charge in [0.25, 0.3) is 0 Å². The Bertz CT molecular complexity index is 1590. The molecule has 1 aliphatic heterocycles. The van der Waals surface area contributed by atoms with Crippen molar-refractivity contribution in [1.29, 1.82) is 0 Å². The van der Waals surface area contributed by atoms with E-state index in [1.807, 2.05) is 56.9 Å². The van der Waals surface area contributed by atoms with Crippen molar-refractivity contribution in [2.75, 3.05) is 25.7 Å². The number of rotatable bonds is 7. The maximum atomic E-state index is 12.9. The minimum absolute atomic E-state index is 0.116. The van der Waals surface area contributed by atoms with Crippen LogP contribution in [-0.2, 0) is 16.1 Å². The van der Waals surface area contributed by atoms with E-state index >= 15 is 0 Å². The maximum absolute atomic E-state index is 12.9.